The fourth-order valence-electron chi connectivity index (χ4n) is 3.04. The smallest absolute Gasteiger partial charge is 0.0149 e. The Balaban J connectivity index is 2.52. The summed E-state index contributed by atoms with van der Waals surface area (Å²) in [5.74, 6) is 0. The van der Waals surface area contributed by atoms with Crippen LogP contribution in [-0.4, -0.2) is 10.7 Å². The van der Waals surface area contributed by atoms with Gasteiger partial charge in [-0.3, -0.25) is 0 Å². The van der Waals surface area contributed by atoms with Crippen molar-refractivity contribution >= 4 is 31.9 Å². The first-order valence-electron chi connectivity index (χ1n) is 8.38. The van der Waals surface area contributed by atoms with Gasteiger partial charge in [0, 0.05) is 16.1 Å². The molecule has 1 aromatic rings. The molecule has 0 fully saturated rings. The molecule has 120 valence electrons. The van der Waals surface area contributed by atoms with Crippen LogP contribution in [0.4, 0.5) is 0 Å². The number of benzene rings is 1. The van der Waals surface area contributed by atoms with E-state index in [-0.39, 0.29) is 5.41 Å². The summed E-state index contributed by atoms with van der Waals surface area (Å²) in [7, 11) is 0. The third-order valence-electron chi connectivity index (χ3n) is 4.49. The number of alkyl halides is 2. The third kappa shape index (κ3) is 6.06. The molecule has 0 aliphatic rings. The zero-order valence-electron chi connectivity index (χ0n) is 13.6. The molecule has 0 spiro atoms. The molecule has 0 radical (unpaired) electrons. The lowest BCUT2D eigenvalue weighted by Crippen LogP contribution is -2.31. The van der Waals surface area contributed by atoms with Crippen molar-refractivity contribution in [3.05, 3.63) is 35.4 Å². The molecule has 0 aliphatic carbocycles. The van der Waals surface area contributed by atoms with E-state index in [4.69, 9.17) is 0 Å². The molecule has 0 saturated heterocycles. The van der Waals surface area contributed by atoms with E-state index in [0.29, 0.717) is 0 Å². The zero-order valence-corrected chi connectivity index (χ0v) is 16.8. The van der Waals surface area contributed by atoms with Gasteiger partial charge in [0.25, 0.3) is 0 Å². The fraction of sp³-hybridized carbons (Fsp3) is 0.684. The number of hydrogen-bond acceptors (Lipinski definition) is 0. The molecular formula is C19H30Br2. The van der Waals surface area contributed by atoms with E-state index in [9.17, 15) is 0 Å². The summed E-state index contributed by atoms with van der Waals surface area (Å²) in [6.45, 7) is 4.52. The Morgan fingerprint density at radius 3 is 2.00 bits per heavy atom. The Morgan fingerprint density at radius 1 is 0.857 bits per heavy atom. The van der Waals surface area contributed by atoms with E-state index in [1.165, 1.54) is 62.5 Å². The van der Waals surface area contributed by atoms with Crippen molar-refractivity contribution < 1.29 is 0 Å². The van der Waals surface area contributed by atoms with Crippen LogP contribution < -0.4 is 0 Å². The summed E-state index contributed by atoms with van der Waals surface area (Å²) in [6.07, 6.45) is 10.9. The molecule has 1 rings (SSSR count). The lowest BCUT2D eigenvalue weighted by Gasteiger charge is -2.32. The maximum atomic E-state index is 3.78. The number of unbranched alkanes of at least 4 members (excludes halogenated alkanes) is 6. The zero-order chi connectivity index (χ0) is 15.6. The summed E-state index contributed by atoms with van der Waals surface area (Å²) in [5.41, 5.74) is 3.17. The molecular weight excluding hydrogens is 388 g/mol. The van der Waals surface area contributed by atoms with Crippen LogP contribution in [0, 0.1) is 6.92 Å². The van der Waals surface area contributed by atoms with Gasteiger partial charge >= 0.3 is 0 Å². The summed E-state index contributed by atoms with van der Waals surface area (Å²) < 4.78 is 0. The molecule has 0 saturated carbocycles. The van der Waals surface area contributed by atoms with Crippen LogP contribution in [0.1, 0.15) is 69.4 Å². The van der Waals surface area contributed by atoms with Gasteiger partial charge in [0.2, 0.25) is 0 Å². The average Bonchev–Trinajstić information content (AvgIpc) is 2.52. The molecule has 0 nitrogen and oxygen atoms in total. The van der Waals surface area contributed by atoms with Crippen LogP contribution in [0.5, 0.6) is 0 Å². The first kappa shape index (κ1) is 19.2. The molecule has 0 aromatic heterocycles. The Morgan fingerprint density at radius 2 is 1.43 bits per heavy atom. The van der Waals surface area contributed by atoms with Crippen molar-refractivity contribution in [2.45, 2.75) is 70.6 Å². The molecule has 0 atom stereocenters. The van der Waals surface area contributed by atoms with Gasteiger partial charge in [-0.05, 0) is 24.5 Å². The van der Waals surface area contributed by atoms with Crippen LogP contribution in [0.25, 0.3) is 0 Å². The molecule has 2 heteroatoms. The Labute approximate surface area is 148 Å². The van der Waals surface area contributed by atoms with E-state index in [1.807, 2.05) is 0 Å². The topological polar surface area (TPSA) is 0 Å². The Bertz CT molecular complexity index is 383. The van der Waals surface area contributed by atoms with Crippen LogP contribution in [0.2, 0.25) is 0 Å². The average molecular weight is 418 g/mol. The lowest BCUT2D eigenvalue weighted by molar-refractivity contribution is 0.458. The minimum Gasteiger partial charge on any atom is -0.0918 e. The second-order valence-corrected chi connectivity index (χ2v) is 7.36. The van der Waals surface area contributed by atoms with Crippen molar-refractivity contribution in [3.63, 3.8) is 0 Å². The molecule has 21 heavy (non-hydrogen) atoms. The maximum Gasteiger partial charge on any atom is 0.0149 e. The van der Waals surface area contributed by atoms with Gasteiger partial charge in [0.05, 0.1) is 0 Å². The van der Waals surface area contributed by atoms with E-state index in [1.54, 1.807) is 0 Å². The highest BCUT2D eigenvalue weighted by Gasteiger charge is 2.30. The fourth-order valence-corrected chi connectivity index (χ4v) is 5.13. The first-order valence-corrected chi connectivity index (χ1v) is 10.6. The maximum absolute atomic E-state index is 3.78. The second kappa shape index (κ2) is 10.8. The highest BCUT2D eigenvalue weighted by atomic mass is 79.9. The summed E-state index contributed by atoms with van der Waals surface area (Å²) in [6, 6.07) is 8.85. The predicted octanol–water partition coefficient (Wildman–Crippen LogP) is 7.16. The van der Waals surface area contributed by atoms with E-state index >= 15 is 0 Å². The molecule has 0 heterocycles. The van der Waals surface area contributed by atoms with Crippen molar-refractivity contribution in [1.29, 1.82) is 0 Å². The van der Waals surface area contributed by atoms with Crippen LogP contribution >= 0.6 is 31.9 Å². The van der Waals surface area contributed by atoms with Crippen LogP contribution in [0.3, 0.4) is 0 Å². The van der Waals surface area contributed by atoms with Crippen LogP contribution in [-0.2, 0) is 5.41 Å². The van der Waals surface area contributed by atoms with E-state index in [2.05, 4.69) is 70.0 Å². The molecule has 0 N–H and O–H groups in total. The highest BCUT2D eigenvalue weighted by molar-refractivity contribution is 9.09. The SMILES string of the molecule is CCCCCCCCCC(CBr)(CBr)c1ccccc1C. The van der Waals surface area contributed by atoms with Gasteiger partial charge in [-0.2, -0.15) is 0 Å². The Kier molecular flexibility index (Phi) is 9.92. The largest absolute Gasteiger partial charge is 0.0918 e. The van der Waals surface area contributed by atoms with Crippen molar-refractivity contribution in [1.82, 2.24) is 0 Å². The number of rotatable bonds is 11. The van der Waals surface area contributed by atoms with Gasteiger partial charge in [-0.15, -0.1) is 0 Å². The quantitative estimate of drug-likeness (QED) is 0.264. The van der Waals surface area contributed by atoms with E-state index < -0.39 is 0 Å². The minimum absolute atomic E-state index is 0.245. The second-order valence-electron chi connectivity index (χ2n) is 6.23. The van der Waals surface area contributed by atoms with Gasteiger partial charge in [-0.25, -0.2) is 0 Å². The molecule has 0 unspecified atom stereocenters. The summed E-state index contributed by atoms with van der Waals surface area (Å²) in [4.78, 5) is 0. The summed E-state index contributed by atoms with van der Waals surface area (Å²) in [5, 5.41) is 2.07. The van der Waals surface area contributed by atoms with Gasteiger partial charge in [0.1, 0.15) is 0 Å². The third-order valence-corrected chi connectivity index (χ3v) is 6.63. The highest BCUT2D eigenvalue weighted by Crippen LogP contribution is 2.36. The monoisotopic (exact) mass is 416 g/mol. The Hall–Kier alpha value is 0.180. The molecule has 0 bridgehead atoms. The predicted molar refractivity (Wildman–Crippen MR) is 103 cm³/mol. The molecule has 1 aromatic carbocycles. The summed E-state index contributed by atoms with van der Waals surface area (Å²) >= 11 is 7.55. The van der Waals surface area contributed by atoms with Gasteiger partial charge in [0.15, 0.2) is 0 Å². The van der Waals surface area contributed by atoms with Gasteiger partial charge in [-0.1, -0.05) is 108 Å². The normalized spacial score (nSPS) is 11.8. The molecule has 0 amide bonds. The van der Waals surface area contributed by atoms with Crippen molar-refractivity contribution in [2.75, 3.05) is 10.7 Å². The number of halogens is 2. The van der Waals surface area contributed by atoms with Crippen LogP contribution in [0.15, 0.2) is 24.3 Å². The lowest BCUT2D eigenvalue weighted by atomic mass is 9.78. The minimum atomic E-state index is 0.245. The van der Waals surface area contributed by atoms with E-state index in [0.717, 1.165) is 10.7 Å². The first-order chi connectivity index (χ1) is 10.2. The van der Waals surface area contributed by atoms with Gasteiger partial charge < -0.3 is 0 Å². The standard InChI is InChI=1S/C19H30Br2/c1-3-4-5-6-7-8-11-14-19(15-20,16-21)18-13-10-9-12-17(18)2/h9-10,12-13H,3-8,11,14-16H2,1-2H3. The number of aryl methyl sites for hydroxylation is 1. The van der Waals surface area contributed by atoms with Crippen molar-refractivity contribution in [2.24, 2.45) is 0 Å². The molecule has 0 aliphatic heterocycles. The number of hydrogen-bond donors (Lipinski definition) is 0. The van der Waals surface area contributed by atoms with Crippen molar-refractivity contribution in [3.8, 4) is 0 Å².